The molecule has 1 aromatic heterocycles. The first kappa shape index (κ1) is 25.3. The summed E-state index contributed by atoms with van der Waals surface area (Å²) in [7, 11) is 1.39. The minimum Gasteiger partial charge on any atom is -0.383 e. The maximum atomic E-state index is 14.6. The molecule has 0 saturated carbocycles. The van der Waals surface area contributed by atoms with E-state index in [1.54, 1.807) is 0 Å². The quantitative estimate of drug-likeness (QED) is 0.333. The fourth-order valence-electron chi connectivity index (χ4n) is 3.65. The lowest BCUT2D eigenvalue weighted by Crippen LogP contribution is -2.39. The number of carbonyl (C=O) groups is 1. The molecule has 184 valence electrons. The van der Waals surface area contributed by atoms with Gasteiger partial charge in [-0.1, -0.05) is 18.2 Å². The highest BCUT2D eigenvalue weighted by Gasteiger charge is 2.34. The number of nitrogens with one attached hydrogen (secondary N) is 2. The van der Waals surface area contributed by atoms with Gasteiger partial charge in [0.2, 0.25) is 0 Å². The van der Waals surface area contributed by atoms with E-state index < -0.39 is 48.8 Å². The van der Waals surface area contributed by atoms with Gasteiger partial charge in [0.1, 0.15) is 17.5 Å². The maximum Gasteiger partial charge on any atom is 0.277 e. The molecule has 0 bridgehead atoms. The van der Waals surface area contributed by atoms with E-state index in [0.717, 1.165) is 6.07 Å². The van der Waals surface area contributed by atoms with Crippen LogP contribution in [0.1, 0.15) is 46.4 Å². The highest BCUT2D eigenvalue weighted by Crippen LogP contribution is 2.29. The van der Waals surface area contributed by atoms with Crippen LogP contribution >= 0.6 is 0 Å². The number of nitrogens with two attached hydrogens (primary N) is 1. The molecular weight excluding hydrogens is 459 g/mol. The Hall–Kier alpha value is -3.28. The van der Waals surface area contributed by atoms with Crippen LogP contribution in [0, 0.1) is 5.82 Å². The number of carbonyl (C=O) groups excluding carboxylic acids is 1. The van der Waals surface area contributed by atoms with Crippen LogP contribution in [-0.4, -0.2) is 55.9 Å². The van der Waals surface area contributed by atoms with E-state index in [-0.39, 0.29) is 34.9 Å². The van der Waals surface area contributed by atoms with Gasteiger partial charge in [-0.15, -0.1) is 0 Å². The minimum atomic E-state index is -3.00. The first-order valence-electron chi connectivity index (χ1n) is 10.5. The van der Waals surface area contributed by atoms with Crippen molar-refractivity contribution in [1.82, 2.24) is 15.6 Å². The monoisotopic (exact) mass is 484 g/mol. The normalized spacial score (nSPS) is 17.4. The molecule has 3 rings (SSSR count). The molecule has 1 aromatic carbocycles. The fourth-order valence-corrected chi connectivity index (χ4v) is 3.65. The van der Waals surface area contributed by atoms with Crippen molar-refractivity contribution in [1.29, 1.82) is 0 Å². The molecule has 0 spiro atoms. The SMILES string of the molecule is CNC(=O)c1cnc(N2CCNCC(F)(F)C2)cc1C(N)=N[C@H](C)c1cccc(C(F)F)c1F. The van der Waals surface area contributed by atoms with Crippen molar-refractivity contribution in [2.75, 3.05) is 38.1 Å². The van der Waals surface area contributed by atoms with Gasteiger partial charge in [-0.2, -0.15) is 0 Å². The number of hydrogen-bond acceptors (Lipinski definition) is 5. The van der Waals surface area contributed by atoms with Gasteiger partial charge in [0.15, 0.2) is 0 Å². The van der Waals surface area contributed by atoms with E-state index in [0.29, 0.717) is 6.54 Å². The molecule has 12 heteroatoms. The third-order valence-electron chi connectivity index (χ3n) is 5.40. The molecule has 1 saturated heterocycles. The van der Waals surface area contributed by atoms with Crippen molar-refractivity contribution in [3.63, 3.8) is 0 Å². The average molecular weight is 484 g/mol. The van der Waals surface area contributed by atoms with E-state index in [2.05, 4.69) is 20.6 Å². The average Bonchev–Trinajstić information content (AvgIpc) is 2.98. The summed E-state index contributed by atoms with van der Waals surface area (Å²) in [6.07, 6.45) is -1.80. The number of benzene rings is 1. The number of pyridine rings is 1. The van der Waals surface area contributed by atoms with Crippen molar-refractivity contribution >= 4 is 17.6 Å². The van der Waals surface area contributed by atoms with Gasteiger partial charge in [0.05, 0.1) is 30.3 Å². The Labute approximate surface area is 193 Å². The first-order valence-corrected chi connectivity index (χ1v) is 10.5. The first-order chi connectivity index (χ1) is 16.0. The Bertz CT molecular complexity index is 1080. The van der Waals surface area contributed by atoms with Crippen molar-refractivity contribution < 1.29 is 26.7 Å². The molecule has 0 unspecified atom stereocenters. The Morgan fingerprint density at radius 3 is 2.68 bits per heavy atom. The summed E-state index contributed by atoms with van der Waals surface area (Å²) >= 11 is 0. The van der Waals surface area contributed by atoms with E-state index in [9.17, 15) is 26.7 Å². The molecule has 0 radical (unpaired) electrons. The second-order valence-electron chi connectivity index (χ2n) is 7.86. The van der Waals surface area contributed by atoms with Crippen LogP contribution in [0.3, 0.4) is 0 Å². The van der Waals surface area contributed by atoms with Crippen molar-refractivity contribution in [2.24, 2.45) is 10.7 Å². The van der Waals surface area contributed by atoms with E-state index in [1.807, 2.05) is 0 Å². The highest BCUT2D eigenvalue weighted by molar-refractivity contribution is 6.09. The second kappa shape index (κ2) is 10.3. The number of aliphatic imine (C=N–C) groups is 1. The molecule has 1 fully saturated rings. The lowest BCUT2D eigenvalue weighted by molar-refractivity contribution is 0.0156. The lowest BCUT2D eigenvalue weighted by atomic mass is 10.0. The van der Waals surface area contributed by atoms with Crippen LogP contribution in [0.15, 0.2) is 35.5 Å². The van der Waals surface area contributed by atoms with Gasteiger partial charge in [-0.3, -0.25) is 9.79 Å². The largest absolute Gasteiger partial charge is 0.383 e. The van der Waals surface area contributed by atoms with Crippen LogP contribution in [0.25, 0.3) is 0 Å². The number of rotatable bonds is 6. The van der Waals surface area contributed by atoms with Crippen LogP contribution in [-0.2, 0) is 0 Å². The van der Waals surface area contributed by atoms with Gasteiger partial charge in [0, 0.05) is 37.5 Å². The van der Waals surface area contributed by atoms with E-state index in [1.165, 1.54) is 43.3 Å². The van der Waals surface area contributed by atoms with Gasteiger partial charge in [-0.25, -0.2) is 26.9 Å². The Morgan fingerprint density at radius 1 is 1.29 bits per heavy atom. The van der Waals surface area contributed by atoms with Gasteiger partial charge in [-0.05, 0) is 13.0 Å². The van der Waals surface area contributed by atoms with Crippen molar-refractivity contribution in [3.8, 4) is 0 Å². The summed E-state index contributed by atoms with van der Waals surface area (Å²) in [6.45, 7) is 0.926. The number of anilines is 1. The summed E-state index contributed by atoms with van der Waals surface area (Å²) in [5.41, 5.74) is 5.42. The zero-order chi connectivity index (χ0) is 25.0. The smallest absolute Gasteiger partial charge is 0.277 e. The number of aromatic nitrogens is 1. The standard InChI is InChI=1S/C22H25F5N6O/c1-12(13-4-3-5-14(18(13)23)19(24)25)32-20(28)15-8-17(31-9-16(15)21(34)29-2)33-7-6-30-10-22(26,27)11-33/h3-5,8-9,12,19,30H,6-7,10-11H2,1-2H3,(H2,28,32)(H,29,34)/t12-/m1/s1. The van der Waals surface area contributed by atoms with Gasteiger partial charge < -0.3 is 21.3 Å². The predicted octanol–water partition coefficient (Wildman–Crippen LogP) is 3.03. The predicted molar refractivity (Wildman–Crippen MR) is 118 cm³/mol. The Morgan fingerprint density at radius 2 is 2.00 bits per heavy atom. The highest BCUT2D eigenvalue weighted by atomic mass is 19.3. The maximum absolute atomic E-state index is 14.6. The third-order valence-corrected chi connectivity index (χ3v) is 5.40. The van der Waals surface area contributed by atoms with Crippen LogP contribution in [0.4, 0.5) is 27.8 Å². The third kappa shape index (κ3) is 5.61. The summed E-state index contributed by atoms with van der Waals surface area (Å²) in [5.74, 6) is -4.69. The molecule has 1 amide bonds. The molecule has 1 aliphatic heterocycles. The van der Waals surface area contributed by atoms with Gasteiger partial charge >= 0.3 is 0 Å². The topological polar surface area (TPSA) is 95.6 Å². The lowest BCUT2D eigenvalue weighted by Gasteiger charge is -2.25. The molecule has 34 heavy (non-hydrogen) atoms. The molecule has 1 aliphatic rings. The van der Waals surface area contributed by atoms with Crippen LogP contribution in [0.5, 0.6) is 0 Å². The van der Waals surface area contributed by atoms with Gasteiger partial charge in [0.25, 0.3) is 18.3 Å². The summed E-state index contributed by atoms with van der Waals surface area (Å²) in [6, 6.07) is 3.97. The molecule has 2 heterocycles. The number of halogens is 5. The van der Waals surface area contributed by atoms with E-state index in [4.69, 9.17) is 5.73 Å². The Balaban J connectivity index is 2.02. The molecule has 1 atom stereocenters. The zero-order valence-corrected chi connectivity index (χ0v) is 18.6. The van der Waals surface area contributed by atoms with Crippen molar-refractivity contribution in [3.05, 3.63) is 58.5 Å². The fraction of sp³-hybridized carbons (Fsp3) is 0.409. The number of nitrogens with zero attached hydrogens (tertiary/aromatic N) is 3. The second-order valence-corrected chi connectivity index (χ2v) is 7.86. The number of alkyl halides is 4. The minimum absolute atomic E-state index is 0.0289. The molecule has 4 N–H and O–H groups in total. The molecular formula is C22H25F5N6O. The molecule has 0 aliphatic carbocycles. The number of amidine groups is 1. The van der Waals surface area contributed by atoms with Crippen LogP contribution in [0.2, 0.25) is 0 Å². The molecule has 7 nitrogen and oxygen atoms in total. The molecule has 2 aromatic rings. The van der Waals surface area contributed by atoms with E-state index >= 15 is 0 Å². The summed E-state index contributed by atoms with van der Waals surface area (Å²) in [4.78, 5) is 22.1. The zero-order valence-electron chi connectivity index (χ0n) is 18.6. The summed E-state index contributed by atoms with van der Waals surface area (Å²) < 4.78 is 68.8. The summed E-state index contributed by atoms with van der Waals surface area (Å²) in [5, 5.41) is 5.09. The Kier molecular flexibility index (Phi) is 7.70. The van der Waals surface area contributed by atoms with Crippen molar-refractivity contribution in [2.45, 2.75) is 25.3 Å². The number of hydrogen-bond donors (Lipinski definition) is 3. The van der Waals surface area contributed by atoms with Crippen LogP contribution < -0.4 is 21.3 Å². The number of amides is 1.